The van der Waals surface area contributed by atoms with Crippen molar-refractivity contribution in [3.8, 4) is 34.7 Å². The van der Waals surface area contributed by atoms with Crippen molar-refractivity contribution >= 4 is 0 Å². The van der Waals surface area contributed by atoms with Crippen molar-refractivity contribution in [3.63, 3.8) is 0 Å². The van der Waals surface area contributed by atoms with E-state index in [-0.39, 0.29) is 0 Å². The predicted octanol–water partition coefficient (Wildman–Crippen LogP) is 5.58. The topological polar surface area (TPSA) is 94.0 Å². The van der Waals surface area contributed by atoms with Crippen LogP contribution in [0.2, 0.25) is 0 Å². The molecule has 0 saturated heterocycles. The fraction of sp³-hybridized carbons (Fsp3) is 0.370. The maximum absolute atomic E-state index is 9.40. The molecule has 1 aliphatic rings. The Bertz CT molecular complexity index is 1120. The largest absolute Gasteiger partial charge is 0.477 e. The zero-order valence-corrected chi connectivity index (χ0v) is 19.1. The van der Waals surface area contributed by atoms with Crippen LogP contribution < -0.4 is 15.2 Å². The van der Waals surface area contributed by atoms with Crippen LogP contribution in [0.4, 0.5) is 0 Å². The van der Waals surface area contributed by atoms with Gasteiger partial charge in [-0.05, 0) is 68.0 Å². The van der Waals surface area contributed by atoms with Crippen LogP contribution in [0.25, 0.3) is 11.1 Å². The molecule has 1 fully saturated rings. The first-order chi connectivity index (χ1) is 16.1. The highest BCUT2D eigenvalue weighted by molar-refractivity contribution is 5.72. The lowest BCUT2D eigenvalue weighted by Gasteiger charge is -2.21. The van der Waals surface area contributed by atoms with Crippen LogP contribution in [0.1, 0.15) is 49.1 Å². The molecule has 4 rings (SSSR count). The molecule has 0 bridgehead atoms. The normalized spacial score (nSPS) is 14.0. The van der Waals surface area contributed by atoms with E-state index in [1.54, 1.807) is 18.2 Å². The van der Waals surface area contributed by atoms with Crippen LogP contribution in [-0.4, -0.2) is 23.1 Å². The molecule has 1 aliphatic carbocycles. The van der Waals surface area contributed by atoms with Gasteiger partial charge in [0.05, 0.1) is 24.3 Å². The minimum absolute atomic E-state index is 0.400. The Morgan fingerprint density at radius 3 is 2.48 bits per heavy atom. The minimum atomic E-state index is 0.400. The number of rotatable bonds is 8. The van der Waals surface area contributed by atoms with Crippen molar-refractivity contribution < 1.29 is 9.47 Å². The Morgan fingerprint density at radius 2 is 1.76 bits per heavy atom. The molecule has 0 radical (unpaired) electrons. The van der Waals surface area contributed by atoms with Gasteiger partial charge in [0, 0.05) is 5.56 Å². The summed E-state index contributed by atoms with van der Waals surface area (Å²) in [6.07, 6.45) is 7.12. The molecule has 6 heteroatoms. The number of nitriles is 1. The Balaban J connectivity index is 1.57. The smallest absolute Gasteiger partial charge is 0.226 e. The highest BCUT2D eigenvalue weighted by atomic mass is 16.5. The molecule has 2 N–H and O–H groups in total. The van der Waals surface area contributed by atoms with Gasteiger partial charge in [0.2, 0.25) is 11.8 Å². The molecule has 6 nitrogen and oxygen atoms in total. The number of hydrogen-bond acceptors (Lipinski definition) is 6. The summed E-state index contributed by atoms with van der Waals surface area (Å²) in [5.41, 5.74) is 9.25. The summed E-state index contributed by atoms with van der Waals surface area (Å²) in [5.74, 6) is 2.65. The molecule has 1 saturated carbocycles. The van der Waals surface area contributed by atoms with E-state index >= 15 is 0 Å². The van der Waals surface area contributed by atoms with Crippen LogP contribution >= 0.6 is 0 Å². The number of benzene rings is 2. The standard InChI is InChI=1S/C27H30N4O2/c1-19-30-26(32-18-21-5-3-2-4-6-21)16-27(31-19)33-25-15-22(17-29)9-12-24(25)23-10-7-20(8-11-23)13-14-28/h7-12,15-16,21H,2-6,13-14,18,28H2,1H3. The zero-order chi connectivity index (χ0) is 23.0. The molecule has 1 heterocycles. The molecule has 33 heavy (non-hydrogen) atoms. The number of ether oxygens (including phenoxy) is 2. The van der Waals surface area contributed by atoms with E-state index in [1.165, 1.54) is 37.7 Å². The average Bonchev–Trinajstić information content (AvgIpc) is 2.84. The summed E-state index contributed by atoms with van der Waals surface area (Å²) < 4.78 is 12.2. The maximum atomic E-state index is 9.40. The van der Waals surface area contributed by atoms with Crippen molar-refractivity contribution in [2.45, 2.75) is 45.4 Å². The molecule has 0 amide bonds. The molecule has 3 aromatic rings. The van der Waals surface area contributed by atoms with Crippen molar-refractivity contribution in [1.82, 2.24) is 9.97 Å². The van der Waals surface area contributed by atoms with Crippen LogP contribution in [0.5, 0.6) is 17.5 Å². The average molecular weight is 443 g/mol. The van der Waals surface area contributed by atoms with Crippen molar-refractivity contribution in [2.24, 2.45) is 11.7 Å². The van der Waals surface area contributed by atoms with Gasteiger partial charge in [-0.25, -0.2) is 0 Å². The summed E-state index contributed by atoms with van der Waals surface area (Å²) in [6.45, 7) is 3.10. The van der Waals surface area contributed by atoms with Gasteiger partial charge in [0.25, 0.3) is 0 Å². The quantitative estimate of drug-likeness (QED) is 0.490. The number of hydrogen-bond donors (Lipinski definition) is 1. The Labute approximate surface area is 195 Å². The first kappa shape index (κ1) is 22.8. The summed E-state index contributed by atoms with van der Waals surface area (Å²) in [7, 11) is 0. The van der Waals surface area contributed by atoms with Crippen LogP contribution in [0.3, 0.4) is 0 Å². The highest BCUT2D eigenvalue weighted by Gasteiger charge is 2.16. The predicted molar refractivity (Wildman–Crippen MR) is 128 cm³/mol. The highest BCUT2D eigenvalue weighted by Crippen LogP contribution is 2.35. The van der Waals surface area contributed by atoms with E-state index in [9.17, 15) is 5.26 Å². The summed E-state index contributed by atoms with van der Waals surface area (Å²) in [5, 5.41) is 9.40. The Hall–Kier alpha value is -3.43. The number of nitrogens with two attached hydrogens (primary N) is 1. The van der Waals surface area contributed by atoms with Gasteiger partial charge in [-0.1, -0.05) is 43.5 Å². The van der Waals surface area contributed by atoms with E-state index in [4.69, 9.17) is 15.2 Å². The van der Waals surface area contributed by atoms with Gasteiger partial charge in [-0.2, -0.15) is 15.2 Å². The van der Waals surface area contributed by atoms with E-state index in [0.717, 1.165) is 17.5 Å². The van der Waals surface area contributed by atoms with Crippen molar-refractivity contribution in [3.05, 3.63) is 65.5 Å². The Kier molecular flexibility index (Phi) is 7.54. The molecular formula is C27H30N4O2. The van der Waals surface area contributed by atoms with Gasteiger partial charge in [-0.15, -0.1) is 0 Å². The van der Waals surface area contributed by atoms with E-state index in [2.05, 4.69) is 28.2 Å². The molecule has 0 atom stereocenters. The second-order valence-electron chi connectivity index (χ2n) is 8.57. The lowest BCUT2D eigenvalue weighted by molar-refractivity contribution is 0.201. The lowest BCUT2D eigenvalue weighted by atomic mass is 9.90. The monoisotopic (exact) mass is 442 g/mol. The molecule has 1 aromatic heterocycles. The zero-order valence-electron chi connectivity index (χ0n) is 19.1. The van der Waals surface area contributed by atoms with Gasteiger partial charge >= 0.3 is 0 Å². The van der Waals surface area contributed by atoms with E-state index < -0.39 is 0 Å². The van der Waals surface area contributed by atoms with Gasteiger partial charge < -0.3 is 15.2 Å². The third-order valence-electron chi connectivity index (χ3n) is 6.01. The van der Waals surface area contributed by atoms with Gasteiger partial charge in [0.15, 0.2) is 0 Å². The second-order valence-corrected chi connectivity index (χ2v) is 8.57. The fourth-order valence-corrected chi connectivity index (χ4v) is 4.24. The first-order valence-corrected chi connectivity index (χ1v) is 11.6. The lowest BCUT2D eigenvalue weighted by Crippen LogP contribution is -2.16. The van der Waals surface area contributed by atoms with Crippen LogP contribution in [-0.2, 0) is 6.42 Å². The molecule has 0 unspecified atom stereocenters. The van der Waals surface area contributed by atoms with Crippen molar-refractivity contribution in [2.75, 3.05) is 13.2 Å². The third kappa shape index (κ3) is 6.09. The van der Waals surface area contributed by atoms with Crippen molar-refractivity contribution in [1.29, 1.82) is 5.26 Å². The number of nitrogens with zero attached hydrogens (tertiary/aromatic N) is 3. The van der Waals surface area contributed by atoms with Crippen LogP contribution in [0.15, 0.2) is 48.5 Å². The number of aryl methyl sites for hydroxylation is 1. The maximum Gasteiger partial charge on any atom is 0.226 e. The second kappa shape index (κ2) is 10.9. The van der Waals surface area contributed by atoms with Crippen LogP contribution in [0, 0.1) is 24.2 Å². The summed E-state index contributed by atoms with van der Waals surface area (Å²) >= 11 is 0. The molecule has 0 aliphatic heterocycles. The SMILES string of the molecule is Cc1nc(OCC2CCCCC2)cc(Oc2cc(C#N)ccc2-c2ccc(CCN)cc2)n1. The molecule has 2 aromatic carbocycles. The summed E-state index contributed by atoms with van der Waals surface area (Å²) in [6, 6.07) is 17.6. The first-order valence-electron chi connectivity index (χ1n) is 11.6. The van der Waals surface area contributed by atoms with E-state index in [1.807, 2.05) is 25.1 Å². The molecular weight excluding hydrogens is 412 g/mol. The molecule has 0 spiro atoms. The third-order valence-corrected chi connectivity index (χ3v) is 6.01. The van der Waals surface area contributed by atoms with E-state index in [0.29, 0.717) is 48.0 Å². The minimum Gasteiger partial charge on any atom is -0.477 e. The fourth-order valence-electron chi connectivity index (χ4n) is 4.24. The summed E-state index contributed by atoms with van der Waals surface area (Å²) in [4.78, 5) is 8.87. The van der Waals surface area contributed by atoms with Gasteiger partial charge in [-0.3, -0.25) is 0 Å². The Morgan fingerprint density at radius 1 is 1.00 bits per heavy atom. The van der Waals surface area contributed by atoms with Gasteiger partial charge in [0.1, 0.15) is 11.6 Å². The number of aromatic nitrogens is 2. The molecule has 170 valence electrons.